The molecule has 1 atom stereocenters. The summed E-state index contributed by atoms with van der Waals surface area (Å²) in [5, 5.41) is 11.5. The van der Waals surface area contributed by atoms with Crippen LogP contribution < -0.4 is 5.32 Å². The first-order valence-electron chi connectivity index (χ1n) is 7.08. The first-order valence-corrected chi connectivity index (χ1v) is 7.08. The van der Waals surface area contributed by atoms with Gasteiger partial charge in [0, 0.05) is 5.69 Å². The van der Waals surface area contributed by atoms with E-state index in [1.807, 2.05) is 31.2 Å². The topological polar surface area (TPSA) is 79.2 Å². The normalized spacial score (nSPS) is 11.2. The minimum absolute atomic E-state index is 0.235. The number of benzene rings is 2. The molecular weight excluding hydrogens is 292 g/mol. The maximum atomic E-state index is 12.1. The van der Waals surface area contributed by atoms with Crippen molar-refractivity contribution in [3.05, 3.63) is 65.2 Å². The molecule has 5 heteroatoms. The summed E-state index contributed by atoms with van der Waals surface area (Å²) < 4.78 is 5.14. The molecule has 1 N–H and O–H groups in total. The van der Waals surface area contributed by atoms with Gasteiger partial charge in [0.05, 0.1) is 17.2 Å². The maximum Gasteiger partial charge on any atom is 0.338 e. The number of nitrogens with zero attached hydrogens (tertiary/aromatic N) is 1. The SMILES string of the molecule is Cc1cccc(NC(=O)[C@@H](C)OC(=O)c2cccc(C#N)c2)c1. The first kappa shape index (κ1) is 16.2. The van der Waals surface area contributed by atoms with Gasteiger partial charge in [-0.25, -0.2) is 4.79 Å². The lowest BCUT2D eigenvalue weighted by atomic mass is 10.1. The van der Waals surface area contributed by atoms with Gasteiger partial charge in [-0.2, -0.15) is 5.26 Å². The molecule has 0 bridgehead atoms. The Bertz CT molecular complexity index is 778. The molecule has 5 nitrogen and oxygen atoms in total. The zero-order valence-corrected chi connectivity index (χ0v) is 12.9. The lowest BCUT2D eigenvalue weighted by molar-refractivity contribution is -0.123. The molecule has 0 heterocycles. The molecule has 2 aromatic carbocycles. The number of aryl methyl sites for hydroxylation is 1. The molecule has 0 fully saturated rings. The zero-order chi connectivity index (χ0) is 16.8. The van der Waals surface area contributed by atoms with Gasteiger partial charge in [-0.1, -0.05) is 18.2 Å². The molecule has 2 rings (SSSR count). The molecule has 0 aliphatic rings. The van der Waals surface area contributed by atoms with Crippen molar-refractivity contribution in [1.82, 2.24) is 0 Å². The van der Waals surface area contributed by atoms with E-state index < -0.39 is 18.0 Å². The van der Waals surface area contributed by atoms with Crippen LogP contribution in [0.4, 0.5) is 5.69 Å². The third-order valence-electron chi connectivity index (χ3n) is 3.17. The molecule has 0 aromatic heterocycles. The van der Waals surface area contributed by atoms with Gasteiger partial charge >= 0.3 is 5.97 Å². The van der Waals surface area contributed by atoms with Gasteiger partial charge in [0.2, 0.25) is 0 Å². The Kier molecular flexibility index (Phi) is 5.11. The number of carbonyl (C=O) groups is 2. The highest BCUT2D eigenvalue weighted by molar-refractivity contribution is 5.97. The average Bonchev–Trinajstić information content (AvgIpc) is 2.54. The van der Waals surface area contributed by atoms with Gasteiger partial charge in [0.15, 0.2) is 6.10 Å². The van der Waals surface area contributed by atoms with Gasteiger partial charge in [-0.3, -0.25) is 4.79 Å². The Morgan fingerprint density at radius 3 is 2.61 bits per heavy atom. The van der Waals surface area contributed by atoms with E-state index in [0.29, 0.717) is 11.3 Å². The van der Waals surface area contributed by atoms with Crippen LogP contribution in [0.15, 0.2) is 48.5 Å². The number of rotatable bonds is 4. The number of nitrogens with one attached hydrogen (secondary N) is 1. The summed E-state index contributed by atoms with van der Waals surface area (Å²) in [6.45, 7) is 3.42. The Morgan fingerprint density at radius 1 is 1.17 bits per heavy atom. The van der Waals surface area contributed by atoms with E-state index in [4.69, 9.17) is 10.00 Å². The van der Waals surface area contributed by atoms with Gasteiger partial charge in [0.25, 0.3) is 5.91 Å². The van der Waals surface area contributed by atoms with Crippen molar-refractivity contribution in [3.63, 3.8) is 0 Å². The van der Waals surface area contributed by atoms with Crippen molar-refractivity contribution in [3.8, 4) is 6.07 Å². The fraction of sp³-hybridized carbons (Fsp3) is 0.167. The predicted octanol–water partition coefficient (Wildman–Crippen LogP) is 3.05. The van der Waals surface area contributed by atoms with E-state index in [1.54, 1.807) is 18.2 Å². The lowest BCUT2D eigenvalue weighted by Crippen LogP contribution is -2.30. The third kappa shape index (κ3) is 4.42. The fourth-order valence-electron chi connectivity index (χ4n) is 1.96. The van der Waals surface area contributed by atoms with E-state index >= 15 is 0 Å². The molecular formula is C18H16N2O3. The monoisotopic (exact) mass is 308 g/mol. The molecule has 1 amide bonds. The smallest absolute Gasteiger partial charge is 0.338 e. The number of hydrogen-bond acceptors (Lipinski definition) is 4. The number of carbonyl (C=O) groups excluding carboxylic acids is 2. The fourth-order valence-corrected chi connectivity index (χ4v) is 1.96. The van der Waals surface area contributed by atoms with Gasteiger partial charge in [-0.15, -0.1) is 0 Å². The molecule has 0 radical (unpaired) electrons. The molecule has 0 saturated heterocycles. The van der Waals surface area contributed by atoms with Crippen molar-refractivity contribution >= 4 is 17.6 Å². The third-order valence-corrected chi connectivity index (χ3v) is 3.17. The second-order valence-electron chi connectivity index (χ2n) is 5.10. The molecule has 0 spiro atoms. The van der Waals surface area contributed by atoms with Crippen molar-refractivity contribution in [2.24, 2.45) is 0 Å². The highest BCUT2D eigenvalue weighted by Gasteiger charge is 2.19. The van der Waals surface area contributed by atoms with Crippen LogP contribution >= 0.6 is 0 Å². The van der Waals surface area contributed by atoms with E-state index in [-0.39, 0.29) is 5.56 Å². The van der Waals surface area contributed by atoms with Crippen molar-refractivity contribution in [2.75, 3.05) is 5.32 Å². The average molecular weight is 308 g/mol. The zero-order valence-electron chi connectivity index (χ0n) is 12.9. The van der Waals surface area contributed by atoms with Crippen molar-refractivity contribution < 1.29 is 14.3 Å². The van der Waals surface area contributed by atoms with Crippen LogP contribution in [0.2, 0.25) is 0 Å². The largest absolute Gasteiger partial charge is 0.449 e. The second kappa shape index (κ2) is 7.23. The first-order chi connectivity index (χ1) is 11.0. The number of esters is 1. The Hall–Kier alpha value is -3.13. The number of ether oxygens (including phenoxy) is 1. The number of hydrogen-bond donors (Lipinski definition) is 1. The summed E-state index contributed by atoms with van der Waals surface area (Å²) in [4.78, 5) is 24.1. The molecule has 0 saturated carbocycles. The molecule has 0 unspecified atom stereocenters. The standard InChI is InChI=1S/C18H16N2O3/c1-12-5-3-8-16(9-12)20-17(21)13(2)23-18(22)15-7-4-6-14(10-15)11-19/h3-10,13H,1-2H3,(H,20,21)/t13-/m1/s1. The number of amides is 1. The van der Waals surface area contributed by atoms with Crippen LogP contribution in [0.5, 0.6) is 0 Å². The Labute approximate surface area is 134 Å². The summed E-state index contributed by atoms with van der Waals surface area (Å²) in [6, 6.07) is 15.4. The van der Waals surface area contributed by atoms with E-state index in [1.165, 1.54) is 19.1 Å². The minimum atomic E-state index is -0.950. The predicted molar refractivity (Wildman–Crippen MR) is 85.8 cm³/mol. The summed E-state index contributed by atoms with van der Waals surface area (Å²) in [5.41, 5.74) is 2.25. The van der Waals surface area contributed by atoms with Crippen LogP contribution in [-0.2, 0) is 9.53 Å². The van der Waals surface area contributed by atoms with E-state index in [0.717, 1.165) is 5.56 Å². The van der Waals surface area contributed by atoms with Crippen LogP contribution in [0, 0.1) is 18.3 Å². The van der Waals surface area contributed by atoms with Gasteiger partial charge in [-0.05, 0) is 49.7 Å². The summed E-state index contributed by atoms with van der Waals surface area (Å²) in [7, 11) is 0. The second-order valence-corrected chi connectivity index (χ2v) is 5.10. The van der Waals surface area contributed by atoms with E-state index in [2.05, 4.69) is 5.32 Å². The lowest BCUT2D eigenvalue weighted by Gasteiger charge is -2.14. The van der Waals surface area contributed by atoms with Crippen LogP contribution in [0.1, 0.15) is 28.4 Å². The van der Waals surface area contributed by atoms with E-state index in [9.17, 15) is 9.59 Å². The summed E-state index contributed by atoms with van der Waals surface area (Å²) in [5.74, 6) is -1.06. The van der Waals surface area contributed by atoms with Gasteiger partial charge < -0.3 is 10.1 Å². The minimum Gasteiger partial charge on any atom is -0.449 e. The van der Waals surface area contributed by atoms with Gasteiger partial charge in [0.1, 0.15) is 0 Å². The Morgan fingerprint density at radius 2 is 1.91 bits per heavy atom. The molecule has 23 heavy (non-hydrogen) atoms. The summed E-state index contributed by atoms with van der Waals surface area (Å²) >= 11 is 0. The molecule has 2 aromatic rings. The Balaban J connectivity index is 2.00. The van der Waals surface area contributed by atoms with Crippen molar-refractivity contribution in [1.29, 1.82) is 5.26 Å². The molecule has 116 valence electrons. The van der Waals surface area contributed by atoms with Crippen LogP contribution in [0.25, 0.3) is 0 Å². The maximum absolute atomic E-state index is 12.1. The highest BCUT2D eigenvalue weighted by Crippen LogP contribution is 2.12. The van der Waals surface area contributed by atoms with Crippen LogP contribution in [0.3, 0.4) is 0 Å². The molecule has 0 aliphatic carbocycles. The number of anilines is 1. The quantitative estimate of drug-likeness (QED) is 0.880. The summed E-state index contributed by atoms with van der Waals surface area (Å²) in [6.07, 6.45) is -0.950. The number of nitriles is 1. The van der Waals surface area contributed by atoms with Crippen molar-refractivity contribution in [2.45, 2.75) is 20.0 Å². The van der Waals surface area contributed by atoms with Crippen LogP contribution in [-0.4, -0.2) is 18.0 Å². The molecule has 0 aliphatic heterocycles. The highest BCUT2D eigenvalue weighted by atomic mass is 16.5.